The summed E-state index contributed by atoms with van der Waals surface area (Å²) in [5.41, 5.74) is 8.70. The Morgan fingerprint density at radius 1 is 1.17 bits per heavy atom. The maximum atomic E-state index is 13.4. The Kier molecular flexibility index (Phi) is 6.12. The molecule has 29 heavy (non-hydrogen) atoms. The number of amides is 1. The van der Waals surface area contributed by atoms with Crippen LogP contribution in [-0.4, -0.2) is 53.1 Å². The van der Waals surface area contributed by atoms with Gasteiger partial charge in [0.25, 0.3) is 5.91 Å². The molecule has 0 bridgehead atoms. The topological polar surface area (TPSA) is 81.3 Å². The van der Waals surface area contributed by atoms with Crippen molar-refractivity contribution in [1.82, 2.24) is 14.9 Å². The highest BCUT2D eigenvalue weighted by Gasteiger charge is 2.25. The molecule has 2 aromatic heterocycles. The van der Waals surface area contributed by atoms with Crippen molar-refractivity contribution in [2.45, 2.75) is 25.4 Å². The Labute approximate surface area is 170 Å². The van der Waals surface area contributed by atoms with Gasteiger partial charge in [0.1, 0.15) is 0 Å². The number of carbonyl (C=O) groups is 1. The summed E-state index contributed by atoms with van der Waals surface area (Å²) in [6, 6.07) is 13.5. The Balaban J connectivity index is 1.58. The molecule has 0 radical (unpaired) electrons. The molecule has 3 heterocycles. The fraction of sp³-hybridized carbons (Fsp3) is 0.348. The number of piperidine rings is 1. The Bertz CT molecular complexity index is 969. The van der Waals surface area contributed by atoms with Crippen LogP contribution in [0.15, 0.2) is 54.9 Å². The number of para-hydroxylation sites is 1. The summed E-state index contributed by atoms with van der Waals surface area (Å²) < 4.78 is 5.87. The lowest BCUT2D eigenvalue weighted by Gasteiger charge is -2.32. The van der Waals surface area contributed by atoms with Crippen LogP contribution in [0.1, 0.15) is 29.6 Å². The number of nitrogens with two attached hydrogens (primary N) is 1. The van der Waals surface area contributed by atoms with Gasteiger partial charge in [-0.25, -0.2) is 4.98 Å². The number of nitrogens with zero attached hydrogens (tertiary/aromatic N) is 3. The van der Waals surface area contributed by atoms with Gasteiger partial charge in [0.05, 0.1) is 22.9 Å². The lowest BCUT2D eigenvalue weighted by molar-refractivity contribution is 0.00850. The van der Waals surface area contributed by atoms with Gasteiger partial charge in [-0.2, -0.15) is 0 Å². The van der Waals surface area contributed by atoms with E-state index in [2.05, 4.69) is 4.98 Å². The zero-order valence-corrected chi connectivity index (χ0v) is 16.5. The van der Waals surface area contributed by atoms with Crippen LogP contribution < -0.4 is 5.73 Å². The fourth-order valence-corrected chi connectivity index (χ4v) is 3.74. The van der Waals surface area contributed by atoms with Crippen molar-refractivity contribution < 1.29 is 9.53 Å². The highest BCUT2D eigenvalue weighted by Crippen LogP contribution is 2.26. The third kappa shape index (κ3) is 4.44. The predicted octanol–water partition coefficient (Wildman–Crippen LogP) is 3.27. The zero-order valence-electron chi connectivity index (χ0n) is 16.5. The summed E-state index contributed by atoms with van der Waals surface area (Å²) in [6.07, 6.45) is 6.31. The van der Waals surface area contributed by atoms with Crippen LogP contribution >= 0.6 is 0 Å². The molecule has 1 aliphatic heterocycles. The highest BCUT2D eigenvalue weighted by atomic mass is 16.5. The summed E-state index contributed by atoms with van der Waals surface area (Å²) in [4.78, 5) is 24.3. The molecule has 1 amide bonds. The van der Waals surface area contributed by atoms with E-state index in [-0.39, 0.29) is 12.0 Å². The van der Waals surface area contributed by atoms with Gasteiger partial charge >= 0.3 is 0 Å². The monoisotopic (exact) mass is 390 g/mol. The molecule has 1 aliphatic rings. The number of likely N-dealkylation sites (tertiary alicyclic amines) is 1. The molecular formula is C23H26N4O2. The van der Waals surface area contributed by atoms with Crippen molar-refractivity contribution in [2.75, 3.05) is 26.2 Å². The lowest BCUT2D eigenvalue weighted by Crippen LogP contribution is -2.41. The molecule has 3 aromatic rings. The first-order chi connectivity index (χ1) is 14.3. The Morgan fingerprint density at radius 2 is 2.00 bits per heavy atom. The van der Waals surface area contributed by atoms with E-state index >= 15 is 0 Å². The Hall–Kier alpha value is -2.83. The van der Waals surface area contributed by atoms with Crippen molar-refractivity contribution in [2.24, 2.45) is 5.73 Å². The quantitative estimate of drug-likeness (QED) is 0.654. The largest absolute Gasteiger partial charge is 0.378 e. The van der Waals surface area contributed by atoms with Crippen LogP contribution in [0, 0.1) is 0 Å². The van der Waals surface area contributed by atoms with E-state index in [1.165, 1.54) is 0 Å². The van der Waals surface area contributed by atoms with Gasteiger partial charge in [-0.05, 0) is 50.1 Å². The SMILES string of the molecule is NCCCOC1CCN(C(=O)c2cc(-c3cccnc3)nc3ccccc23)CC1. The van der Waals surface area contributed by atoms with Gasteiger partial charge in [-0.1, -0.05) is 18.2 Å². The molecule has 0 saturated carbocycles. The molecule has 0 atom stereocenters. The summed E-state index contributed by atoms with van der Waals surface area (Å²) >= 11 is 0. The maximum Gasteiger partial charge on any atom is 0.254 e. The van der Waals surface area contributed by atoms with Crippen molar-refractivity contribution in [3.05, 3.63) is 60.4 Å². The van der Waals surface area contributed by atoms with Gasteiger partial charge in [-0.3, -0.25) is 9.78 Å². The first kappa shape index (κ1) is 19.5. The van der Waals surface area contributed by atoms with Gasteiger partial charge in [-0.15, -0.1) is 0 Å². The molecule has 2 N–H and O–H groups in total. The van der Waals surface area contributed by atoms with Gasteiger partial charge in [0, 0.05) is 43.0 Å². The molecule has 1 saturated heterocycles. The second-order valence-electron chi connectivity index (χ2n) is 7.32. The number of carbonyl (C=O) groups excluding carboxylic acids is 1. The number of rotatable bonds is 6. The fourth-order valence-electron chi connectivity index (χ4n) is 3.74. The number of fused-ring (bicyclic) bond motifs is 1. The van der Waals surface area contributed by atoms with Crippen molar-refractivity contribution in [3.8, 4) is 11.3 Å². The summed E-state index contributed by atoms with van der Waals surface area (Å²) in [6.45, 7) is 2.74. The van der Waals surface area contributed by atoms with Crippen molar-refractivity contribution >= 4 is 16.8 Å². The van der Waals surface area contributed by atoms with E-state index < -0.39 is 0 Å². The summed E-state index contributed by atoms with van der Waals surface area (Å²) in [7, 11) is 0. The molecule has 6 heteroatoms. The number of hydrogen-bond acceptors (Lipinski definition) is 5. The minimum absolute atomic E-state index is 0.0501. The molecule has 1 fully saturated rings. The van der Waals surface area contributed by atoms with Crippen LogP contribution in [0.4, 0.5) is 0 Å². The number of pyridine rings is 2. The summed E-state index contributed by atoms with van der Waals surface area (Å²) in [5, 5.41) is 0.881. The predicted molar refractivity (Wildman–Crippen MR) is 114 cm³/mol. The first-order valence-corrected chi connectivity index (χ1v) is 10.2. The summed E-state index contributed by atoms with van der Waals surface area (Å²) in [5.74, 6) is 0.0501. The molecular weight excluding hydrogens is 364 g/mol. The molecule has 0 spiro atoms. The van der Waals surface area contributed by atoms with E-state index in [9.17, 15) is 4.79 Å². The molecule has 6 nitrogen and oxygen atoms in total. The van der Waals surface area contributed by atoms with E-state index in [0.717, 1.165) is 41.4 Å². The standard InChI is InChI=1S/C23H26N4O2/c24-10-4-14-29-18-8-12-27(13-9-18)23(28)20-15-22(17-5-3-11-25-16-17)26-21-7-2-1-6-19(20)21/h1-3,5-7,11,15-16,18H,4,8-10,12-14,24H2. The van der Waals surface area contributed by atoms with Crippen molar-refractivity contribution in [3.63, 3.8) is 0 Å². The third-order valence-electron chi connectivity index (χ3n) is 5.34. The smallest absolute Gasteiger partial charge is 0.254 e. The number of ether oxygens (including phenoxy) is 1. The Morgan fingerprint density at radius 3 is 2.76 bits per heavy atom. The number of hydrogen-bond donors (Lipinski definition) is 1. The van der Waals surface area contributed by atoms with E-state index in [1.807, 2.05) is 47.4 Å². The van der Waals surface area contributed by atoms with E-state index in [4.69, 9.17) is 15.5 Å². The van der Waals surface area contributed by atoms with Gasteiger partial charge in [0.15, 0.2) is 0 Å². The highest BCUT2D eigenvalue weighted by molar-refractivity contribution is 6.07. The normalized spacial score (nSPS) is 15.0. The van der Waals surface area contributed by atoms with Crippen molar-refractivity contribution in [1.29, 1.82) is 0 Å². The second kappa shape index (κ2) is 9.11. The van der Waals surface area contributed by atoms with Crippen LogP contribution in [0.2, 0.25) is 0 Å². The third-order valence-corrected chi connectivity index (χ3v) is 5.34. The zero-order chi connectivity index (χ0) is 20.1. The van der Waals surface area contributed by atoms with E-state index in [0.29, 0.717) is 31.8 Å². The lowest BCUT2D eigenvalue weighted by atomic mass is 10.0. The van der Waals surface area contributed by atoms with Gasteiger partial charge in [0.2, 0.25) is 0 Å². The molecule has 150 valence electrons. The average Bonchev–Trinajstić information content (AvgIpc) is 2.79. The van der Waals surface area contributed by atoms with Gasteiger partial charge < -0.3 is 15.4 Å². The number of aromatic nitrogens is 2. The molecule has 4 rings (SSSR count). The van der Waals surface area contributed by atoms with Crippen LogP contribution in [0.25, 0.3) is 22.2 Å². The molecule has 1 aromatic carbocycles. The van der Waals surface area contributed by atoms with Crippen LogP contribution in [-0.2, 0) is 4.74 Å². The molecule has 0 unspecified atom stereocenters. The van der Waals surface area contributed by atoms with E-state index in [1.54, 1.807) is 12.4 Å². The average molecular weight is 390 g/mol. The minimum Gasteiger partial charge on any atom is -0.378 e. The first-order valence-electron chi connectivity index (χ1n) is 10.2. The van der Waals surface area contributed by atoms with Crippen LogP contribution in [0.5, 0.6) is 0 Å². The van der Waals surface area contributed by atoms with Crippen LogP contribution in [0.3, 0.4) is 0 Å². The molecule has 0 aliphatic carbocycles. The minimum atomic E-state index is 0.0501. The number of benzene rings is 1. The maximum absolute atomic E-state index is 13.4. The second-order valence-corrected chi connectivity index (χ2v) is 7.32.